The van der Waals surface area contributed by atoms with Crippen LogP contribution in [0.4, 0.5) is 0 Å². The van der Waals surface area contributed by atoms with Crippen molar-refractivity contribution in [1.82, 2.24) is 14.3 Å². The summed E-state index contributed by atoms with van der Waals surface area (Å²) in [7, 11) is 0. The van der Waals surface area contributed by atoms with Crippen molar-refractivity contribution in [3.05, 3.63) is 30.4 Å². The highest BCUT2D eigenvalue weighted by atomic mass is 32.2. The molecule has 0 amide bonds. The molecule has 4 nitrogen and oxygen atoms in total. The van der Waals surface area contributed by atoms with Gasteiger partial charge in [0.25, 0.3) is 0 Å². The number of rotatable bonds is 2. The molecule has 0 unspecified atom stereocenters. The summed E-state index contributed by atoms with van der Waals surface area (Å²) >= 11 is 2.81. The van der Waals surface area contributed by atoms with Crippen molar-refractivity contribution in [2.24, 2.45) is 0 Å². The largest absolute Gasteiger partial charge is 0.245 e. The van der Waals surface area contributed by atoms with Crippen molar-refractivity contribution in [3.8, 4) is 6.07 Å². The van der Waals surface area contributed by atoms with Crippen LogP contribution in [0, 0.1) is 11.3 Å². The van der Waals surface area contributed by atoms with Crippen LogP contribution >= 0.6 is 23.3 Å². The summed E-state index contributed by atoms with van der Waals surface area (Å²) in [6, 6.07) is 5.56. The van der Waals surface area contributed by atoms with Crippen LogP contribution in [0.5, 0.6) is 0 Å². The predicted octanol–water partition coefficient (Wildman–Crippen LogP) is 1.96. The van der Waals surface area contributed by atoms with E-state index < -0.39 is 0 Å². The normalized spacial score (nSPS) is 9.64. The van der Waals surface area contributed by atoms with E-state index >= 15 is 0 Å². The van der Waals surface area contributed by atoms with Crippen LogP contribution in [-0.2, 0) is 0 Å². The van der Waals surface area contributed by atoms with Crippen LogP contribution in [0.2, 0.25) is 0 Å². The second kappa shape index (κ2) is 4.17. The van der Waals surface area contributed by atoms with Crippen LogP contribution in [0.3, 0.4) is 0 Å². The van der Waals surface area contributed by atoms with Crippen molar-refractivity contribution >= 4 is 23.3 Å². The molecule has 0 aromatic carbocycles. The monoisotopic (exact) mass is 220 g/mol. The van der Waals surface area contributed by atoms with Gasteiger partial charge in [-0.15, -0.1) is 0 Å². The van der Waals surface area contributed by atoms with E-state index in [2.05, 4.69) is 14.3 Å². The zero-order valence-corrected chi connectivity index (χ0v) is 8.55. The van der Waals surface area contributed by atoms with Crippen molar-refractivity contribution in [3.63, 3.8) is 0 Å². The molecule has 2 heterocycles. The lowest BCUT2D eigenvalue weighted by Crippen LogP contribution is -1.81. The zero-order valence-electron chi connectivity index (χ0n) is 6.91. The summed E-state index contributed by atoms with van der Waals surface area (Å²) in [5.74, 6) is 0. The van der Waals surface area contributed by atoms with Gasteiger partial charge in [-0.05, 0) is 23.7 Å². The molecule has 0 radical (unpaired) electrons. The Morgan fingerprint density at radius 2 is 2.36 bits per heavy atom. The van der Waals surface area contributed by atoms with Crippen LogP contribution in [0.25, 0.3) is 0 Å². The van der Waals surface area contributed by atoms with Gasteiger partial charge in [0.15, 0.2) is 4.34 Å². The van der Waals surface area contributed by atoms with Gasteiger partial charge in [0.05, 0.1) is 0 Å². The first-order chi connectivity index (χ1) is 6.88. The molecular weight excluding hydrogens is 216 g/mol. The van der Waals surface area contributed by atoms with Crippen molar-refractivity contribution in [1.29, 1.82) is 5.26 Å². The third kappa shape index (κ3) is 2.07. The molecule has 0 aliphatic heterocycles. The van der Waals surface area contributed by atoms with Gasteiger partial charge in [0, 0.05) is 11.1 Å². The third-order valence-corrected chi connectivity index (χ3v) is 3.10. The van der Waals surface area contributed by atoms with Gasteiger partial charge in [0.1, 0.15) is 18.1 Å². The zero-order chi connectivity index (χ0) is 9.80. The molecule has 0 fully saturated rings. The first-order valence-electron chi connectivity index (χ1n) is 3.69. The Morgan fingerprint density at radius 1 is 1.43 bits per heavy atom. The molecule has 2 aromatic heterocycles. The Kier molecular flexibility index (Phi) is 2.72. The van der Waals surface area contributed by atoms with Gasteiger partial charge >= 0.3 is 0 Å². The lowest BCUT2D eigenvalue weighted by atomic mass is 10.4. The Labute approximate surface area is 88.8 Å². The lowest BCUT2D eigenvalue weighted by molar-refractivity contribution is 1.19. The van der Waals surface area contributed by atoms with Gasteiger partial charge in [-0.25, -0.2) is 9.97 Å². The molecule has 14 heavy (non-hydrogen) atoms. The molecule has 0 N–H and O–H groups in total. The average molecular weight is 220 g/mol. The van der Waals surface area contributed by atoms with E-state index in [1.165, 1.54) is 29.6 Å². The van der Waals surface area contributed by atoms with Gasteiger partial charge in [-0.3, -0.25) is 0 Å². The van der Waals surface area contributed by atoms with E-state index in [0.29, 0.717) is 5.69 Å². The molecule has 0 bridgehead atoms. The van der Waals surface area contributed by atoms with E-state index in [9.17, 15) is 0 Å². The second-order valence-corrected chi connectivity index (χ2v) is 4.40. The topological polar surface area (TPSA) is 62.5 Å². The molecular formula is C8H4N4S2. The summed E-state index contributed by atoms with van der Waals surface area (Å²) in [6.45, 7) is 0. The Balaban J connectivity index is 2.22. The van der Waals surface area contributed by atoms with E-state index in [0.717, 1.165) is 9.24 Å². The minimum absolute atomic E-state index is 0.416. The SMILES string of the molecule is N#Cc1cc(Sc2ncns2)ccn1. The molecule has 0 aliphatic rings. The van der Waals surface area contributed by atoms with Crippen molar-refractivity contribution < 1.29 is 0 Å². The van der Waals surface area contributed by atoms with Crippen LogP contribution in [0.15, 0.2) is 33.9 Å². The minimum atomic E-state index is 0.416. The molecule has 2 rings (SSSR count). The van der Waals surface area contributed by atoms with E-state index in [-0.39, 0.29) is 0 Å². The Morgan fingerprint density at radius 3 is 3.07 bits per heavy atom. The number of pyridine rings is 1. The molecule has 2 aromatic rings. The van der Waals surface area contributed by atoms with Gasteiger partial charge in [0.2, 0.25) is 0 Å². The highest BCUT2D eigenvalue weighted by molar-refractivity contribution is 8.01. The molecule has 0 saturated heterocycles. The standard InChI is InChI=1S/C8H4N4S2/c9-4-6-3-7(1-2-10-6)13-8-11-5-12-14-8/h1-3,5H. The fourth-order valence-corrected chi connectivity index (χ4v) is 2.29. The van der Waals surface area contributed by atoms with E-state index in [4.69, 9.17) is 5.26 Å². The summed E-state index contributed by atoms with van der Waals surface area (Å²) < 4.78 is 4.75. The number of nitriles is 1. The smallest absolute Gasteiger partial charge is 0.174 e. The third-order valence-electron chi connectivity index (χ3n) is 1.39. The quantitative estimate of drug-likeness (QED) is 0.774. The fourth-order valence-electron chi connectivity index (χ4n) is 0.845. The van der Waals surface area contributed by atoms with Crippen LogP contribution in [0.1, 0.15) is 5.69 Å². The minimum Gasteiger partial charge on any atom is -0.245 e. The van der Waals surface area contributed by atoms with Gasteiger partial charge in [-0.2, -0.15) is 9.64 Å². The first kappa shape index (κ1) is 9.12. The molecule has 0 aliphatic carbocycles. The van der Waals surface area contributed by atoms with Crippen molar-refractivity contribution in [2.45, 2.75) is 9.24 Å². The molecule has 0 spiro atoms. The molecule has 0 atom stereocenters. The molecule has 0 saturated carbocycles. The number of aromatic nitrogens is 3. The maximum atomic E-state index is 8.64. The van der Waals surface area contributed by atoms with Gasteiger partial charge < -0.3 is 0 Å². The summed E-state index contributed by atoms with van der Waals surface area (Å²) in [6.07, 6.45) is 3.13. The first-order valence-corrected chi connectivity index (χ1v) is 5.28. The van der Waals surface area contributed by atoms with E-state index in [1.54, 1.807) is 12.3 Å². The lowest BCUT2D eigenvalue weighted by Gasteiger charge is -1.95. The summed E-state index contributed by atoms with van der Waals surface area (Å²) in [4.78, 5) is 8.87. The maximum Gasteiger partial charge on any atom is 0.174 e. The summed E-state index contributed by atoms with van der Waals surface area (Å²) in [5, 5.41) is 8.64. The Hall–Kier alpha value is -1.45. The fraction of sp³-hybridized carbons (Fsp3) is 0. The van der Waals surface area contributed by atoms with Crippen LogP contribution in [-0.4, -0.2) is 14.3 Å². The van der Waals surface area contributed by atoms with Crippen LogP contribution < -0.4 is 0 Å². The maximum absolute atomic E-state index is 8.64. The predicted molar refractivity (Wildman–Crippen MR) is 53.0 cm³/mol. The second-order valence-electron chi connectivity index (χ2n) is 2.30. The van der Waals surface area contributed by atoms with Crippen molar-refractivity contribution in [2.75, 3.05) is 0 Å². The Bertz CT molecular complexity index is 460. The highest BCUT2D eigenvalue weighted by Gasteiger charge is 2.01. The molecule has 68 valence electrons. The number of hydrogen-bond acceptors (Lipinski definition) is 6. The average Bonchev–Trinajstić information content (AvgIpc) is 2.71. The number of nitrogens with zero attached hydrogens (tertiary/aromatic N) is 4. The van der Waals surface area contributed by atoms with E-state index in [1.807, 2.05) is 12.1 Å². The number of hydrogen-bond donors (Lipinski definition) is 0. The molecule has 6 heteroatoms. The van der Waals surface area contributed by atoms with Gasteiger partial charge in [-0.1, -0.05) is 11.8 Å². The summed E-state index contributed by atoms with van der Waals surface area (Å²) in [5.41, 5.74) is 0.416. The highest BCUT2D eigenvalue weighted by Crippen LogP contribution is 2.27.